The monoisotopic (exact) mass is 338 g/mol. The van der Waals surface area contributed by atoms with E-state index in [9.17, 15) is 4.79 Å². The van der Waals surface area contributed by atoms with Crippen LogP contribution in [0.15, 0.2) is 53.3 Å². The predicted molar refractivity (Wildman–Crippen MR) is 97.9 cm³/mol. The SMILES string of the molecule is Cc1cc(OCCCCOCc2ccccc2)nc2[nH]c(=O)ccc12. The molecule has 5 heteroatoms. The van der Waals surface area contributed by atoms with Crippen LogP contribution < -0.4 is 10.3 Å². The smallest absolute Gasteiger partial charge is 0.249 e. The van der Waals surface area contributed by atoms with E-state index in [2.05, 4.69) is 22.1 Å². The zero-order valence-corrected chi connectivity index (χ0v) is 14.3. The Hall–Kier alpha value is -2.66. The summed E-state index contributed by atoms with van der Waals surface area (Å²) in [5.74, 6) is 0.539. The molecule has 0 saturated carbocycles. The molecule has 0 aliphatic rings. The molecule has 0 aliphatic carbocycles. The van der Waals surface area contributed by atoms with E-state index in [-0.39, 0.29) is 5.56 Å². The Morgan fingerprint density at radius 1 is 1.04 bits per heavy atom. The second-order valence-electron chi connectivity index (χ2n) is 5.96. The molecule has 130 valence electrons. The topological polar surface area (TPSA) is 64.2 Å². The van der Waals surface area contributed by atoms with Gasteiger partial charge in [0.1, 0.15) is 5.65 Å². The van der Waals surface area contributed by atoms with E-state index in [1.165, 1.54) is 11.6 Å². The van der Waals surface area contributed by atoms with Gasteiger partial charge in [0.2, 0.25) is 11.4 Å². The molecular formula is C20H22N2O3. The normalized spacial score (nSPS) is 10.9. The minimum Gasteiger partial charge on any atom is -0.478 e. The lowest BCUT2D eigenvalue weighted by molar-refractivity contribution is 0.113. The van der Waals surface area contributed by atoms with Crippen molar-refractivity contribution in [1.29, 1.82) is 0 Å². The molecule has 0 spiro atoms. The van der Waals surface area contributed by atoms with Crippen LogP contribution in [-0.4, -0.2) is 23.2 Å². The maximum absolute atomic E-state index is 11.4. The first-order valence-corrected chi connectivity index (χ1v) is 8.47. The van der Waals surface area contributed by atoms with Crippen molar-refractivity contribution >= 4 is 11.0 Å². The molecule has 1 aromatic carbocycles. The fraction of sp³-hybridized carbons (Fsp3) is 0.300. The molecule has 0 bridgehead atoms. The Morgan fingerprint density at radius 3 is 2.68 bits per heavy atom. The quantitative estimate of drug-likeness (QED) is 0.637. The highest BCUT2D eigenvalue weighted by Crippen LogP contribution is 2.18. The van der Waals surface area contributed by atoms with Crippen molar-refractivity contribution in [3.05, 3.63) is 70.0 Å². The van der Waals surface area contributed by atoms with E-state index < -0.39 is 0 Å². The number of aryl methyl sites for hydroxylation is 1. The Labute approximate surface area is 146 Å². The van der Waals surface area contributed by atoms with Gasteiger partial charge in [0, 0.05) is 24.1 Å². The van der Waals surface area contributed by atoms with Crippen molar-refractivity contribution < 1.29 is 9.47 Å². The molecular weight excluding hydrogens is 316 g/mol. The fourth-order valence-corrected chi connectivity index (χ4v) is 2.60. The van der Waals surface area contributed by atoms with Gasteiger partial charge in [-0.3, -0.25) is 4.79 Å². The van der Waals surface area contributed by atoms with Gasteiger partial charge in [0.15, 0.2) is 0 Å². The van der Waals surface area contributed by atoms with E-state index in [1.807, 2.05) is 31.2 Å². The first-order valence-electron chi connectivity index (χ1n) is 8.47. The number of rotatable bonds is 8. The second kappa shape index (κ2) is 8.44. The summed E-state index contributed by atoms with van der Waals surface area (Å²) >= 11 is 0. The highest BCUT2D eigenvalue weighted by Gasteiger charge is 2.04. The van der Waals surface area contributed by atoms with Gasteiger partial charge in [-0.15, -0.1) is 0 Å². The molecule has 0 amide bonds. The number of aromatic amines is 1. The van der Waals surface area contributed by atoms with Crippen LogP contribution in [0, 0.1) is 6.92 Å². The summed E-state index contributed by atoms with van der Waals surface area (Å²) in [7, 11) is 0. The Morgan fingerprint density at radius 2 is 1.84 bits per heavy atom. The molecule has 0 saturated heterocycles. The zero-order valence-electron chi connectivity index (χ0n) is 14.3. The predicted octanol–water partition coefficient (Wildman–Crippen LogP) is 3.61. The Kier molecular flexibility index (Phi) is 5.80. The van der Waals surface area contributed by atoms with Crippen molar-refractivity contribution in [2.75, 3.05) is 13.2 Å². The molecule has 0 fully saturated rings. The number of unbranched alkanes of at least 4 members (excludes halogenated alkanes) is 1. The molecule has 0 unspecified atom stereocenters. The molecule has 0 radical (unpaired) electrons. The number of hydrogen-bond donors (Lipinski definition) is 1. The van der Waals surface area contributed by atoms with Gasteiger partial charge < -0.3 is 14.5 Å². The summed E-state index contributed by atoms with van der Waals surface area (Å²) in [5.41, 5.74) is 2.62. The van der Waals surface area contributed by atoms with Crippen molar-refractivity contribution in [3.63, 3.8) is 0 Å². The summed E-state index contributed by atoms with van der Waals surface area (Å²) in [6.45, 7) is 3.90. The number of H-pyrrole nitrogens is 1. The Bertz CT molecular complexity index is 875. The number of aromatic nitrogens is 2. The first kappa shape index (κ1) is 17.2. The van der Waals surface area contributed by atoms with Crippen LogP contribution in [0.4, 0.5) is 0 Å². The molecule has 5 nitrogen and oxygen atoms in total. The van der Waals surface area contributed by atoms with Crippen LogP contribution in [0.5, 0.6) is 5.88 Å². The Balaban J connectivity index is 1.41. The summed E-state index contributed by atoms with van der Waals surface area (Å²) in [6.07, 6.45) is 1.81. The van der Waals surface area contributed by atoms with Gasteiger partial charge in [0.25, 0.3) is 0 Å². The first-order chi connectivity index (χ1) is 12.2. The number of ether oxygens (including phenoxy) is 2. The molecule has 2 heterocycles. The largest absolute Gasteiger partial charge is 0.478 e. The maximum Gasteiger partial charge on any atom is 0.249 e. The van der Waals surface area contributed by atoms with Crippen LogP contribution in [0.3, 0.4) is 0 Å². The molecule has 3 rings (SSSR count). The van der Waals surface area contributed by atoms with Gasteiger partial charge in [-0.1, -0.05) is 30.3 Å². The number of fused-ring (bicyclic) bond motifs is 1. The number of nitrogens with zero attached hydrogens (tertiary/aromatic N) is 1. The molecule has 0 aliphatic heterocycles. The highest BCUT2D eigenvalue weighted by atomic mass is 16.5. The average Bonchev–Trinajstić information content (AvgIpc) is 2.61. The van der Waals surface area contributed by atoms with Gasteiger partial charge in [-0.05, 0) is 37.0 Å². The molecule has 2 aromatic heterocycles. The average molecular weight is 338 g/mol. The standard InChI is InChI=1S/C20H22N2O3/c1-15-13-19(22-20-17(15)9-10-18(23)21-20)25-12-6-5-11-24-14-16-7-3-2-4-8-16/h2-4,7-10,13H,5-6,11-12,14H2,1H3,(H,21,22,23). The highest BCUT2D eigenvalue weighted by molar-refractivity contribution is 5.78. The molecule has 1 N–H and O–H groups in total. The van der Waals surface area contributed by atoms with E-state index in [4.69, 9.17) is 9.47 Å². The van der Waals surface area contributed by atoms with Crippen LogP contribution in [-0.2, 0) is 11.3 Å². The zero-order chi connectivity index (χ0) is 17.5. The van der Waals surface area contributed by atoms with Gasteiger partial charge in [-0.2, -0.15) is 4.98 Å². The molecule has 25 heavy (non-hydrogen) atoms. The maximum atomic E-state index is 11.4. The van der Waals surface area contributed by atoms with Gasteiger partial charge >= 0.3 is 0 Å². The fourth-order valence-electron chi connectivity index (χ4n) is 2.60. The summed E-state index contributed by atoms with van der Waals surface area (Å²) in [4.78, 5) is 18.5. The number of hydrogen-bond acceptors (Lipinski definition) is 4. The summed E-state index contributed by atoms with van der Waals surface area (Å²) < 4.78 is 11.4. The number of nitrogens with one attached hydrogen (secondary N) is 1. The van der Waals surface area contributed by atoms with Crippen molar-refractivity contribution in [3.8, 4) is 5.88 Å². The van der Waals surface area contributed by atoms with Crippen molar-refractivity contribution in [2.24, 2.45) is 0 Å². The summed E-state index contributed by atoms with van der Waals surface area (Å²) in [6, 6.07) is 15.3. The van der Waals surface area contributed by atoms with E-state index in [0.717, 1.165) is 23.8 Å². The number of benzene rings is 1. The van der Waals surface area contributed by atoms with Gasteiger partial charge in [-0.25, -0.2) is 0 Å². The third-order valence-electron chi connectivity index (χ3n) is 3.93. The van der Waals surface area contributed by atoms with E-state index in [1.54, 1.807) is 6.07 Å². The van der Waals surface area contributed by atoms with E-state index in [0.29, 0.717) is 31.3 Å². The van der Waals surface area contributed by atoms with E-state index >= 15 is 0 Å². The van der Waals surface area contributed by atoms with Crippen LogP contribution in [0.1, 0.15) is 24.0 Å². The summed E-state index contributed by atoms with van der Waals surface area (Å²) in [5, 5.41) is 0.932. The van der Waals surface area contributed by atoms with Gasteiger partial charge in [0.05, 0.1) is 13.2 Å². The minimum absolute atomic E-state index is 0.160. The molecule has 0 atom stereocenters. The third-order valence-corrected chi connectivity index (χ3v) is 3.93. The number of pyridine rings is 2. The minimum atomic E-state index is -0.160. The van der Waals surface area contributed by atoms with Crippen LogP contribution in [0.25, 0.3) is 11.0 Å². The molecule has 3 aromatic rings. The van der Waals surface area contributed by atoms with Crippen LogP contribution >= 0.6 is 0 Å². The third kappa shape index (κ3) is 4.90. The van der Waals surface area contributed by atoms with Crippen LogP contribution in [0.2, 0.25) is 0 Å². The second-order valence-corrected chi connectivity index (χ2v) is 5.96. The lowest BCUT2D eigenvalue weighted by Crippen LogP contribution is -2.06. The van der Waals surface area contributed by atoms with Crippen molar-refractivity contribution in [1.82, 2.24) is 9.97 Å². The lowest BCUT2D eigenvalue weighted by Gasteiger charge is -2.08. The van der Waals surface area contributed by atoms with Crippen molar-refractivity contribution in [2.45, 2.75) is 26.4 Å². The lowest BCUT2D eigenvalue weighted by atomic mass is 10.2.